The van der Waals surface area contributed by atoms with Gasteiger partial charge in [-0.05, 0) is 47.1 Å². The molecule has 0 saturated carbocycles. The van der Waals surface area contributed by atoms with Gasteiger partial charge in [-0.1, -0.05) is 59.0 Å². The predicted octanol–water partition coefficient (Wildman–Crippen LogP) is -2.75. The van der Waals surface area contributed by atoms with Crippen LogP contribution in [0.2, 0.25) is 0 Å². The highest BCUT2D eigenvalue weighted by Crippen LogP contribution is 2.55. The highest BCUT2D eigenvalue weighted by atomic mass is 32.7. The van der Waals surface area contributed by atoms with Crippen molar-refractivity contribution in [3.05, 3.63) is 155 Å². The van der Waals surface area contributed by atoms with Gasteiger partial charge in [-0.25, -0.2) is 38.9 Å². The first-order valence-corrected chi connectivity index (χ1v) is 51.9. The molecule has 0 aliphatic carbocycles. The monoisotopic (exact) mass is 1940 g/mol. The molecule has 122 heavy (non-hydrogen) atoms. The number of aromatic nitrogens is 12. The summed E-state index contributed by atoms with van der Waals surface area (Å²) in [6.45, 7) is -23.8. The second-order valence-corrected chi connectivity index (χ2v) is 45.1. The van der Waals surface area contributed by atoms with Gasteiger partial charge in [0, 0.05) is 98.9 Å². The summed E-state index contributed by atoms with van der Waals surface area (Å²) in [5, 5.41) is 2.56. The summed E-state index contributed by atoms with van der Waals surface area (Å²) in [6, 6.07) is -0.672. The second-order valence-electron chi connectivity index (χ2n) is 28.8. The molecule has 61 heteroatoms. The van der Waals surface area contributed by atoms with E-state index in [1.165, 1.54) is 57.2 Å². The van der Waals surface area contributed by atoms with E-state index in [9.17, 15) is 72.2 Å². The Balaban J connectivity index is 0.704. The fourth-order valence-electron chi connectivity index (χ4n) is 13.9. The molecule has 0 radical (unpaired) electrons. The van der Waals surface area contributed by atoms with Crippen LogP contribution in [-0.2, 0) is 159 Å². The lowest BCUT2D eigenvalue weighted by molar-refractivity contribution is -0.221. The van der Waals surface area contributed by atoms with Crippen LogP contribution in [0.15, 0.2) is 87.6 Å². The number of nitrogens with one attached hydrogen (secondary N) is 5. The predicted molar refractivity (Wildman–Crippen MR) is 430 cm³/mol. The summed E-state index contributed by atoms with van der Waals surface area (Å²) in [6.07, 6.45) is -18.2. The van der Waals surface area contributed by atoms with Crippen LogP contribution in [0.3, 0.4) is 0 Å². The number of carbonyl (C=O) groups excluding carboxylic acids is 1. The van der Waals surface area contributed by atoms with E-state index in [4.69, 9.17) is 165 Å². The summed E-state index contributed by atoms with van der Waals surface area (Å²) in [7, 11) is 1.04. The lowest BCUT2D eigenvalue weighted by Crippen LogP contribution is -2.54. The summed E-state index contributed by atoms with van der Waals surface area (Å²) in [4.78, 5) is 209. The highest BCUT2D eigenvalue weighted by molar-refractivity contribution is 8.32. The standard InChI is InChI=1S/C61H84N16O33P6S6/c1-26-14-72(57(82)67-50(26)62)44-9-33(106-111(87,117)93-7)38(100-44)19-95-113(89,119)108-35-11-46(75-17-29(4)55(80)70-60(75)85)103-41(35)22-97-116(92,122)110-37-13-48(77-25-66-49-51(63)64-24-65-52(49)77)104-42(37)23-98-115(91,121)109-36-12-47(76-18-30(5)56(81)71-61(76)86)102-40(36)21-96-114(90,120)107-34-10-45(74-16-28(3)54(79)69-59(74)84)101-39(34)20-94-112(88,118)105-32-8-43(99-31(32)6)73-15-27(2)53(78)68-58(73)83/h14-18,24-25,31-48,50H,8-13,19-23,62H2,1-7H3,(H,67,82)(H,87,117)(H,88,118)(H,89,119)(H,90,120)(H,91,121)(H,92,122)(H2,63,64,65)(H,68,78,83)(H,69,79,84)(H,70,80,85)(H,71,81,86)/p-6/t31-,32?,33?,34?,35?,36?,37?,38-,39-,40-,41-,42-,43-,44-,45-,46-,47-,48-,50?,111?,112?,113?,114?,115?,116?/m1/s1. The van der Waals surface area contributed by atoms with E-state index in [2.05, 4.69) is 40.2 Å². The molecule has 13 rings (SSSR count). The number of amides is 2. The molecule has 0 bridgehead atoms. The molecule has 49 nitrogen and oxygen atoms in total. The van der Waals surface area contributed by atoms with Crippen molar-refractivity contribution in [1.29, 1.82) is 0 Å². The summed E-state index contributed by atoms with van der Waals surface area (Å²) in [5.41, 5.74) is 6.67. The number of anilines is 1. The number of rotatable bonds is 34. The molecule has 25 atom stereocenters. The number of H-pyrrole nitrogens is 4. The van der Waals surface area contributed by atoms with Crippen LogP contribution in [0.25, 0.3) is 11.2 Å². The molecule has 0 aromatic carbocycles. The number of nitrogens with zero attached hydrogens (tertiary/aromatic N) is 9. The molecule has 7 aliphatic heterocycles. The number of nitrogen functional groups attached to an aromatic ring is 1. The number of hydrogen-bond acceptors (Lipinski definition) is 44. The zero-order chi connectivity index (χ0) is 88.4. The maximum atomic E-state index is 14.8. The Kier molecular flexibility index (Phi) is 29.4. The van der Waals surface area contributed by atoms with Crippen molar-refractivity contribution in [3.63, 3.8) is 0 Å². The van der Waals surface area contributed by atoms with Gasteiger partial charge in [0.25, 0.3) is 22.2 Å². The van der Waals surface area contributed by atoms with Gasteiger partial charge in [0.15, 0.2) is 18.3 Å². The minimum atomic E-state index is -4.98. The summed E-state index contributed by atoms with van der Waals surface area (Å²) >= 11 is 32.1. The van der Waals surface area contributed by atoms with Gasteiger partial charge in [0.1, 0.15) is 119 Å². The van der Waals surface area contributed by atoms with Crippen molar-refractivity contribution < 1.29 is 117 Å². The number of urea groups is 1. The number of fused-ring (bicyclic) bond motifs is 1. The smallest absolute Gasteiger partial charge is 0.330 e. The number of ether oxygens (including phenoxy) is 6. The molecule has 7 aliphatic rings. The van der Waals surface area contributed by atoms with Gasteiger partial charge in [-0.2, -0.15) is 0 Å². The number of carbonyl (C=O) groups is 1. The molecule has 13 heterocycles. The van der Waals surface area contributed by atoms with E-state index in [0.717, 1.165) is 49.0 Å². The van der Waals surface area contributed by atoms with Crippen molar-refractivity contribution in [1.82, 2.24) is 67.9 Å². The highest BCUT2D eigenvalue weighted by Gasteiger charge is 2.48. The average molecular weight is 1940 g/mol. The molecule has 6 aromatic heterocycles. The SMILES string of the molecule is COP([O-])(=S)OC1C[C@H](N2C=C(C)C(N)NC2=O)O[C@@H]1COP([O-])(=S)OC1C[C@H](n2cc(C)c(=O)[nH]c2=O)O[C@@H]1COP([O-])(=S)OC1C[C@H](n2cnc3c(N)ncnc32)O[C@@H]1COP(=O)([S-])OC1C[C@H](n2cc(C)c(=O)[nH]c2=O)O[C@@H]1COP([O-])(=S)OC1C[C@H](n2cc(C)c(=O)[nH]c2=O)O[C@@H]1COP([O-])(=S)OC1C[C@H](n2cc(C)c(=O)[nH]c2=O)O[C@@H]1C. The minimum absolute atomic E-state index is 0.0267. The van der Waals surface area contributed by atoms with Crippen LogP contribution in [0, 0.1) is 27.7 Å². The first-order chi connectivity index (χ1) is 57.2. The Morgan fingerprint density at radius 3 is 1.17 bits per heavy atom. The third kappa shape index (κ3) is 22.6. The summed E-state index contributed by atoms with van der Waals surface area (Å²) in [5.74, 6) is -0.0369. The Labute approximate surface area is 718 Å². The zero-order valence-electron chi connectivity index (χ0n) is 64.6. The van der Waals surface area contributed by atoms with Gasteiger partial charge in [0.05, 0.1) is 82.1 Å². The second kappa shape index (κ2) is 37.9. The van der Waals surface area contributed by atoms with Crippen molar-refractivity contribution in [3.8, 4) is 0 Å². The first kappa shape index (κ1) is 94.6. The molecule has 0 spiro atoms. The number of imidazole rings is 1. The number of hydrogen-bond donors (Lipinski definition) is 7. The van der Waals surface area contributed by atoms with Gasteiger partial charge >= 0.3 is 28.8 Å². The Bertz CT molecular complexity index is 5840. The van der Waals surface area contributed by atoms with Crippen LogP contribution in [0.4, 0.5) is 10.6 Å². The third-order valence-corrected chi connectivity index (χ3v) is 29.7. The maximum absolute atomic E-state index is 14.8. The largest absolute Gasteiger partial charge is 0.780 e. The van der Waals surface area contributed by atoms with Crippen molar-refractivity contribution in [2.24, 2.45) is 5.73 Å². The van der Waals surface area contributed by atoms with E-state index in [1.807, 2.05) is 0 Å². The zero-order valence-corrected chi connectivity index (χ0v) is 74.8. The van der Waals surface area contributed by atoms with Gasteiger partial charge < -0.3 is 136 Å². The Hall–Kier alpha value is -5.05. The van der Waals surface area contributed by atoms with Crippen molar-refractivity contribution in [2.45, 2.75) is 197 Å². The normalized spacial score (nSPS) is 31.1. The number of aryl methyl sites for hydroxylation is 4. The minimum Gasteiger partial charge on any atom is -0.780 e. The van der Waals surface area contributed by atoms with Crippen LogP contribution >= 0.6 is 40.4 Å². The van der Waals surface area contributed by atoms with Crippen LogP contribution in [-0.4, -0.2) is 194 Å². The summed E-state index contributed by atoms with van der Waals surface area (Å²) < 4.78 is 126. The molecule has 2 amide bonds. The van der Waals surface area contributed by atoms with E-state index in [0.29, 0.717) is 5.57 Å². The molecule has 6 saturated heterocycles. The molecule has 6 aromatic rings. The van der Waals surface area contributed by atoms with E-state index >= 15 is 0 Å². The molecule has 672 valence electrons. The number of nitrogens with two attached hydrogens (primary N) is 2. The van der Waals surface area contributed by atoms with Gasteiger partial charge in [-0.15, -0.1) is 0 Å². The first-order valence-electron chi connectivity index (χ1n) is 36.6. The maximum Gasteiger partial charge on any atom is 0.330 e. The topological polar surface area (TPSA) is 646 Å². The van der Waals surface area contributed by atoms with Crippen molar-refractivity contribution >= 4 is 135 Å². The van der Waals surface area contributed by atoms with Crippen LogP contribution in [0.1, 0.15) is 106 Å². The van der Waals surface area contributed by atoms with E-state index in [1.54, 1.807) is 13.8 Å². The Morgan fingerprint density at radius 2 is 0.787 bits per heavy atom. The van der Waals surface area contributed by atoms with Crippen LogP contribution < -0.4 is 86.2 Å². The third-order valence-electron chi connectivity index (χ3n) is 20.2. The Morgan fingerprint density at radius 1 is 0.467 bits per heavy atom. The van der Waals surface area contributed by atoms with Crippen LogP contribution in [0.5, 0.6) is 0 Å². The van der Waals surface area contributed by atoms with Gasteiger partial charge in [-0.3, -0.25) is 71.4 Å². The average Bonchev–Trinajstić information content (AvgIpc) is 1.64. The lowest BCUT2D eigenvalue weighted by Gasteiger charge is -2.36. The quantitative estimate of drug-likeness (QED) is 0.0159. The van der Waals surface area contributed by atoms with Crippen molar-refractivity contribution in [2.75, 3.05) is 45.9 Å². The molecular formula is C61H78N16O33P6S6-6. The van der Waals surface area contributed by atoms with E-state index in [-0.39, 0.29) is 58.5 Å². The number of aromatic amines is 4. The van der Waals surface area contributed by atoms with E-state index < -0.39 is 260 Å². The molecule has 6 fully saturated rings. The van der Waals surface area contributed by atoms with Gasteiger partial charge in [0.2, 0.25) is 0 Å². The molecular weight excluding hydrogens is 1860 g/mol. The fraction of sp³-hybridized carbons (Fsp3) is 0.607. The molecule has 9 N–H and O–H groups in total. The fourth-order valence-corrected chi connectivity index (χ4v) is 22.2. The lowest BCUT2D eigenvalue weighted by atomic mass is 10.1. The molecule has 13 unspecified atom stereocenters.